The lowest BCUT2D eigenvalue weighted by molar-refractivity contribution is -0.00533. The lowest BCUT2D eigenvalue weighted by atomic mass is 10.1. The minimum absolute atomic E-state index is 0.0347. The first-order chi connectivity index (χ1) is 8.65. The molecule has 0 bridgehead atoms. The highest BCUT2D eigenvalue weighted by Gasteiger charge is 2.25. The summed E-state index contributed by atoms with van der Waals surface area (Å²) < 4.78 is 10.8. The number of aromatic nitrogens is 1. The third-order valence-corrected chi connectivity index (χ3v) is 3.54. The number of carbonyl (C=O) groups excluding carboxylic acids is 1. The zero-order valence-corrected chi connectivity index (χ0v) is 11.4. The summed E-state index contributed by atoms with van der Waals surface area (Å²) in [7, 11) is 0. The molecule has 0 saturated carbocycles. The van der Waals surface area contributed by atoms with Crippen LogP contribution in [0.3, 0.4) is 0 Å². The van der Waals surface area contributed by atoms with Gasteiger partial charge in [-0.1, -0.05) is 0 Å². The van der Waals surface area contributed by atoms with Crippen molar-refractivity contribution in [3.05, 3.63) is 16.6 Å². The van der Waals surface area contributed by atoms with Crippen LogP contribution in [0.1, 0.15) is 37.8 Å². The van der Waals surface area contributed by atoms with E-state index in [-0.39, 0.29) is 24.3 Å². The molecule has 0 spiro atoms. The van der Waals surface area contributed by atoms with E-state index in [9.17, 15) is 4.79 Å². The number of thiazole rings is 1. The van der Waals surface area contributed by atoms with E-state index in [2.05, 4.69) is 10.3 Å². The van der Waals surface area contributed by atoms with Crippen LogP contribution in [-0.2, 0) is 9.47 Å². The molecular formula is C12H18N2O3S. The Kier molecular flexibility index (Phi) is 4.54. The van der Waals surface area contributed by atoms with Gasteiger partial charge in [-0.25, -0.2) is 9.78 Å². The zero-order valence-electron chi connectivity index (χ0n) is 10.6. The van der Waals surface area contributed by atoms with Crippen LogP contribution in [0, 0.1) is 0 Å². The number of amides is 1. The molecule has 1 aromatic heterocycles. The van der Waals surface area contributed by atoms with E-state index in [0.717, 1.165) is 17.8 Å². The lowest BCUT2D eigenvalue weighted by Crippen LogP contribution is -2.42. The second-order valence-electron chi connectivity index (χ2n) is 4.56. The fourth-order valence-corrected chi connectivity index (χ4v) is 2.59. The minimum atomic E-state index is -0.369. The summed E-state index contributed by atoms with van der Waals surface area (Å²) in [4.78, 5) is 15.7. The Labute approximate surface area is 111 Å². The molecule has 2 unspecified atom stereocenters. The number of nitrogens with zero attached hydrogens (tertiary/aromatic N) is 1. The van der Waals surface area contributed by atoms with Crippen molar-refractivity contribution in [3.63, 3.8) is 0 Å². The van der Waals surface area contributed by atoms with Gasteiger partial charge in [0.05, 0.1) is 18.8 Å². The van der Waals surface area contributed by atoms with E-state index in [1.165, 1.54) is 0 Å². The van der Waals surface area contributed by atoms with E-state index < -0.39 is 0 Å². The molecule has 0 aliphatic carbocycles. The van der Waals surface area contributed by atoms with Crippen LogP contribution in [0.25, 0.3) is 0 Å². The fraction of sp³-hybridized carbons (Fsp3) is 0.667. The van der Waals surface area contributed by atoms with Crippen molar-refractivity contribution >= 4 is 17.4 Å². The average Bonchev–Trinajstić information content (AvgIpc) is 2.82. The lowest BCUT2D eigenvalue weighted by Gasteiger charge is -2.28. The van der Waals surface area contributed by atoms with E-state index in [0.29, 0.717) is 6.61 Å². The van der Waals surface area contributed by atoms with Crippen molar-refractivity contribution in [3.8, 4) is 0 Å². The van der Waals surface area contributed by atoms with Gasteiger partial charge in [0.15, 0.2) is 0 Å². The molecule has 2 rings (SSSR count). The maximum absolute atomic E-state index is 11.4. The highest BCUT2D eigenvalue weighted by atomic mass is 32.1. The minimum Gasteiger partial charge on any atom is -0.447 e. The van der Waals surface area contributed by atoms with E-state index in [1.807, 2.05) is 19.2 Å². The number of nitrogens with one attached hydrogen (secondary N) is 1. The summed E-state index contributed by atoms with van der Waals surface area (Å²) >= 11 is 1.60. The number of carbonyl (C=O) groups is 1. The summed E-state index contributed by atoms with van der Waals surface area (Å²) in [5.41, 5.74) is 0. The number of hydrogen-bond acceptors (Lipinski definition) is 5. The van der Waals surface area contributed by atoms with Crippen LogP contribution in [0.5, 0.6) is 0 Å². The Hall–Kier alpha value is -1.14. The van der Waals surface area contributed by atoms with Crippen LogP contribution < -0.4 is 5.32 Å². The standard InChI is InChI=1S/C12H18N2O3S/c1-8(2)17-12(15)14-9-3-4-10(16-7-9)11-13-5-6-18-11/h5-6,8-10H,3-4,7H2,1-2H3,(H,14,15). The number of alkyl carbamates (subject to hydrolysis) is 1. The van der Waals surface area contributed by atoms with Crippen molar-refractivity contribution in [1.82, 2.24) is 10.3 Å². The number of hydrogen-bond donors (Lipinski definition) is 1. The Balaban J connectivity index is 1.75. The summed E-state index contributed by atoms with van der Waals surface area (Å²) in [6.45, 7) is 4.17. The maximum atomic E-state index is 11.4. The summed E-state index contributed by atoms with van der Waals surface area (Å²) in [5.74, 6) is 0. The smallest absolute Gasteiger partial charge is 0.407 e. The number of ether oxygens (including phenoxy) is 2. The Morgan fingerprint density at radius 3 is 3.00 bits per heavy atom. The van der Waals surface area contributed by atoms with Gasteiger partial charge in [0.25, 0.3) is 0 Å². The van der Waals surface area contributed by atoms with Crippen LogP contribution in [-0.4, -0.2) is 29.8 Å². The normalized spacial score (nSPS) is 23.9. The molecule has 0 aromatic carbocycles. The predicted octanol–water partition coefficient (Wildman–Crippen LogP) is 2.50. The second kappa shape index (κ2) is 6.15. The molecule has 1 aliphatic rings. The molecule has 100 valence electrons. The van der Waals surface area contributed by atoms with Gasteiger partial charge < -0.3 is 14.8 Å². The van der Waals surface area contributed by atoms with Gasteiger partial charge in [-0.15, -0.1) is 11.3 Å². The Bertz CT molecular complexity index is 373. The van der Waals surface area contributed by atoms with E-state index in [4.69, 9.17) is 9.47 Å². The van der Waals surface area contributed by atoms with Crippen molar-refractivity contribution < 1.29 is 14.3 Å². The first-order valence-corrected chi connectivity index (χ1v) is 7.01. The Morgan fingerprint density at radius 1 is 1.61 bits per heavy atom. The molecule has 1 N–H and O–H groups in total. The quantitative estimate of drug-likeness (QED) is 0.916. The molecule has 1 aromatic rings. The number of rotatable bonds is 3. The topological polar surface area (TPSA) is 60.5 Å². The SMILES string of the molecule is CC(C)OC(=O)NC1CCC(c2nccs2)OC1. The highest BCUT2D eigenvalue weighted by molar-refractivity contribution is 7.09. The van der Waals surface area contributed by atoms with Crippen molar-refractivity contribution in [2.45, 2.75) is 44.9 Å². The monoisotopic (exact) mass is 270 g/mol. The maximum Gasteiger partial charge on any atom is 0.407 e. The van der Waals surface area contributed by atoms with Crippen LogP contribution >= 0.6 is 11.3 Å². The molecule has 1 fully saturated rings. The molecule has 6 heteroatoms. The first-order valence-electron chi connectivity index (χ1n) is 6.13. The van der Waals surface area contributed by atoms with Gasteiger partial charge in [-0.05, 0) is 26.7 Å². The van der Waals surface area contributed by atoms with Gasteiger partial charge in [0.2, 0.25) is 0 Å². The van der Waals surface area contributed by atoms with Gasteiger partial charge in [-0.3, -0.25) is 0 Å². The molecule has 1 saturated heterocycles. The molecule has 2 heterocycles. The van der Waals surface area contributed by atoms with Gasteiger partial charge in [0, 0.05) is 11.6 Å². The largest absolute Gasteiger partial charge is 0.447 e. The second-order valence-corrected chi connectivity index (χ2v) is 5.49. The zero-order chi connectivity index (χ0) is 13.0. The highest BCUT2D eigenvalue weighted by Crippen LogP contribution is 2.29. The molecule has 1 aliphatic heterocycles. The third-order valence-electron chi connectivity index (χ3n) is 2.67. The summed E-state index contributed by atoms with van der Waals surface area (Å²) in [5, 5.41) is 5.77. The molecule has 2 atom stereocenters. The van der Waals surface area contributed by atoms with Gasteiger partial charge in [-0.2, -0.15) is 0 Å². The Morgan fingerprint density at radius 2 is 2.44 bits per heavy atom. The molecular weight excluding hydrogens is 252 g/mol. The fourth-order valence-electron chi connectivity index (χ4n) is 1.87. The van der Waals surface area contributed by atoms with Crippen molar-refractivity contribution in [1.29, 1.82) is 0 Å². The predicted molar refractivity (Wildman–Crippen MR) is 68.6 cm³/mol. The van der Waals surface area contributed by atoms with E-state index >= 15 is 0 Å². The molecule has 18 heavy (non-hydrogen) atoms. The van der Waals surface area contributed by atoms with E-state index in [1.54, 1.807) is 17.5 Å². The molecule has 5 nitrogen and oxygen atoms in total. The van der Waals surface area contributed by atoms with Crippen LogP contribution in [0.4, 0.5) is 4.79 Å². The summed E-state index contributed by atoms with van der Waals surface area (Å²) in [6.07, 6.45) is 3.15. The van der Waals surface area contributed by atoms with Crippen LogP contribution in [0.15, 0.2) is 11.6 Å². The van der Waals surface area contributed by atoms with Crippen molar-refractivity contribution in [2.75, 3.05) is 6.61 Å². The molecule has 1 amide bonds. The average molecular weight is 270 g/mol. The summed E-state index contributed by atoms with van der Waals surface area (Å²) in [6, 6.07) is 0.0347. The first kappa shape index (κ1) is 13.3. The van der Waals surface area contributed by atoms with Gasteiger partial charge in [0.1, 0.15) is 11.1 Å². The molecule has 0 radical (unpaired) electrons. The van der Waals surface area contributed by atoms with Crippen molar-refractivity contribution in [2.24, 2.45) is 0 Å². The van der Waals surface area contributed by atoms with Gasteiger partial charge >= 0.3 is 6.09 Å². The van der Waals surface area contributed by atoms with Crippen LogP contribution in [0.2, 0.25) is 0 Å². The third kappa shape index (κ3) is 3.68.